The highest BCUT2D eigenvalue weighted by molar-refractivity contribution is 5.67. The summed E-state index contributed by atoms with van der Waals surface area (Å²) in [5.74, 6) is 2.97. The summed E-state index contributed by atoms with van der Waals surface area (Å²) in [6.07, 6.45) is 3.17. The van der Waals surface area contributed by atoms with Gasteiger partial charge in [-0.15, -0.1) is 0 Å². The molecule has 7 nitrogen and oxygen atoms in total. The van der Waals surface area contributed by atoms with Crippen LogP contribution in [0.25, 0.3) is 0 Å². The molecule has 152 valence electrons. The van der Waals surface area contributed by atoms with Crippen LogP contribution in [0.2, 0.25) is 0 Å². The standard InChI is InChI=1S/C22H26N4O3/c1-4-15-5-8-17(9-6-15)29-22-20(23)21(25-14-26-22)24-12-11-16-7-10-18(27-2)19(13-16)28-3/h5-10,13-14H,4,11-12,23H2,1-3H3,(H,24,25,26). The van der Waals surface area contributed by atoms with Gasteiger partial charge in [-0.2, -0.15) is 4.98 Å². The minimum atomic E-state index is 0.331. The highest BCUT2D eigenvalue weighted by atomic mass is 16.5. The Bertz CT molecular complexity index is 945. The first kappa shape index (κ1) is 20.3. The van der Waals surface area contributed by atoms with Gasteiger partial charge in [0.2, 0.25) is 5.88 Å². The molecule has 0 saturated heterocycles. The van der Waals surface area contributed by atoms with E-state index in [0.29, 0.717) is 41.2 Å². The van der Waals surface area contributed by atoms with Gasteiger partial charge in [0.05, 0.1) is 14.2 Å². The molecule has 0 bridgehead atoms. The fourth-order valence-electron chi connectivity index (χ4n) is 2.87. The third kappa shape index (κ3) is 5.07. The van der Waals surface area contributed by atoms with Gasteiger partial charge in [0.15, 0.2) is 17.3 Å². The molecule has 0 spiro atoms. The number of ether oxygens (including phenoxy) is 3. The van der Waals surface area contributed by atoms with E-state index in [9.17, 15) is 0 Å². The number of hydrogen-bond donors (Lipinski definition) is 2. The predicted molar refractivity (Wildman–Crippen MR) is 114 cm³/mol. The van der Waals surface area contributed by atoms with Crippen LogP contribution < -0.4 is 25.3 Å². The Balaban J connectivity index is 1.63. The zero-order chi connectivity index (χ0) is 20.6. The molecule has 2 aromatic carbocycles. The lowest BCUT2D eigenvalue weighted by atomic mass is 10.1. The van der Waals surface area contributed by atoms with Gasteiger partial charge in [0.1, 0.15) is 17.8 Å². The summed E-state index contributed by atoms with van der Waals surface area (Å²) in [4.78, 5) is 8.38. The Labute approximate surface area is 170 Å². The van der Waals surface area contributed by atoms with Crippen LogP contribution in [-0.2, 0) is 12.8 Å². The van der Waals surface area contributed by atoms with Crippen molar-refractivity contribution >= 4 is 11.5 Å². The third-order valence-electron chi connectivity index (χ3n) is 4.55. The van der Waals surface area contributed by atoms with Crippen molar-refractivity contribution in [1.82, 2.24) is 9.97 Å². The fraction of sp³-hybridized carbons (Fsp3) is 0.273. The van der Waals surface area contributed by atoms with Gasteiger partial charge in [0.25, 0.3) is 0 Å². The van der Waals surface area contributed by atoms with Crippen molar-refractivity contribution < 1.29 is 14.2 Å². The van der Waals surface area contributed by atoms with Gasteiger partial charge >= 0.3 is 0 Å². The van der Waals surface area contributed by atoms with Crippen LogP contribution in [0.15, 0.2) is 48.8 Å². The van der Waals surface area contributed by atoms with E-state index < -0.39 is 0 Å². The Kier molecular flexibility index (Phi) is 6.73. The highest BCUT2D eigenvalue weighted by Gasteiger charge is 2.11. The van der Waals surface area contributed by atoms with Crippen molar-refractivity contribution in [3.63, 3.8) is 0 Å². The summed E-state index contributed by atoms with van der Waals surface area (Å²) in [7, 11) is 3.24. The molecule has 0 saturated carbocycles. The number of aryl methyl sites for hydroxylation is 1. The Morgan fingerprint density at radius 3 is 2.34 bits per heavy atom. The van der Waals surface area contributed by atoms with Crippen LogP contribution in [0, 0.1) is 0 Å². The van der Waals surface area contributed by atoms with Crippen molar-refractivity contribution in [2.75, 3.05) is 31.8 Å². The first-order valence-electron chi connectivity index (χ1n) is 9.46. The smallest absolute Gasteiger partial charge is 0.248 e. The number of nitrogens with two attached hydrogens (primary N) is 1. The number of rotatable bonds is 9. The molecule has 0 aliphatic heterocycles. The molecule has 3 rings (SSSR count). The number of hydrogen-bond acceptors (Lipinski definition) is 7. The van der Waals surface area contributed by atoms with Crippen molar-refractivity contribution in [2.45, 2.75) is 19.8 Å². The lowest BCUT2D eigenvalue weighted by Gasteiger charge is -2.13. The van der Waals surface area contributed by atoms with E-state index in [-0.39, 0.29) is 0 Å². The van der Waals surface area contributed by atoms with Crippen molar-refractivity contribution in [1.29, 1.82) is 0 Å². The minimum Gasteiger partial charge on any atom is -0.493 e. The normalized spacial score (nSPS) is 10.4. The average Bonchev–Trinajstić information content (AvgIpc) is 2.76. The van der Waals surface area contributed by atoms with Gasteiger partial charge in [-0.25, -0.2) is 4.98 Å². The second-order valence-corrected chi connectivity index (χ2v) is 6.41. The second-order valence-electron chi connectivity index (χ2n) is 6.41. The van der Waals surface area contributed by atoms with Crippen molar-refractivity contribution in [3.8, 4) is 23.1 Å². The first-order chi connectivity index (χ1) is 14.1. The number of nitrogens with zero attached hydrogens (tertiary/aromatic N) is 2. The molecule has 1 aromatic heterocycles. The Morgan fingerprint density at radius 2 is 1.66 bits per heavy atom. The van der Waals surface area contributed by atoms with Crippen molar-refractivity contribution in [3.05, 3.63) is 59.9 Å². The van der Waals surface area contributed by atoms with Gasteiger partial charge in [0, 0.05) is 6.54 Å². The molecule has 0 unspecified atom stereocenters. The zero-order valence-corrected chi connectivity index (χ0v) is 16.9. The van der Waals surface area contributed by atoms with E-state index in [0.717, 1.165) is 18.4 Å². The first-order valence-corrected chi connectivity index (χ1v) is 9.46. The van der Waals surface area contributed by atoms with Crippen LogP contribution in [0.5, 0.6) is 23.1 Å². The van der Waals surface area contributed by atoms with Crippen LogP contribution in [-0.4, -0.2) is 30.7 Å². The molecule has 3 aromatic rings. The van der Waals surface area contributed by atoms with Gasteiger partial charge in [-0.1, -0.05) is 25.1 Å². The van der Waals surface area contributed by atoms with Crippen LogP contribution in [0.4, 0.5) is 11.5 Å². The predicted octanol–water partition coefficient (Wildman–Crippen LogP) is 4.09. The second kappa shape index (κ2) is 9.64. The summed E-state index contributed by atoms with van der Waals surface area (Å²) < 4.78 is 16.4. The van der Waals surface area contributed by atoms with E-state index in [4.69, 9.17) is 19.9 Å². The Hall–Kier alpha value is -3.48. The van der Waals surface area contributed by atoms with Crippen LogP contribution in [0.3, 0.4) is 0 Å². The van der Waals surface area contributed by atoms with E-state index in [1.54, 1.807) is 14.2 Å². The molecule has 7 heteroatoms. The maximum absolute atomic E-state index is 6.20. The molecule has 29 heavy (non-hydrogen) atoms. The number of methoxy groups -OCH3 is 2. The number of nitrogen functional groups attached to an aromatic ring is 1. The van der Waals surface area contributed by atoms with Gasteiger partial charge in [-0.3, -0.25) is 0 Å². The average molecular weight is 394 g/mol. The summed E-state index contributed by atoms with van der Waals surface area (Å²) in [6.45, 7) is 2.75. The zero-order valence-electron chi connectivity index (χ0n) is 16.9. The quantitative estimate of drug-likeness (QED) is 0.565. The van der Waals surface area contributed by atoms with Crippen LogP contribution in [0.1, 0.15) is 18.1 Å². The number of aromatic nitrogens is 2. The molecule has 0 fully saturated rings. The highest BCUT2D eigenvalue weighted by Crippen LogP contribution is 2.30. The lowest BCUT2D eigenvalue weighted by molar-refractivity contribution is 0.354. The molecule has 0 radical (unpaired) electrons. The number of nitrogens with one attached hydrogen (secondary N) is 1. The minimum absolute atomic E-state index is 0.331. The lowest BCUT2D eigenvalue weighted by Crippen LogP contribution is -2.10. The van der Waals surface area contributed by atoms with Gasteiger partial charge in [-0.05, 0) is 48.2 Å². The molecule has 1 heterocycles. The summed E-state index contributed by atoms with van der Waals surface area (Å²) >= 11 is 0. The number of benzene rings is 2. The third-order valence-corrected chi connectivity index (χ3v) is 4.55. The molecule has 3 N–H and O–H groups in total. The SMILES string of the molecule is CCc1ccc(Oc2ncnc(NCCc3ccc(OC)c(OC)c3)c2N)cc1. The van der Waals surface area contributed by atoms with Crippen LogP contribution >= 0.6 is 0 Å². The monoisotopic (exact) mass is 394 g/mol. The van der Waals surface area contributed by atoms with E-state index in [1.165, 1.54) is 11.9 Å². The molecule has 0 aliphatic rings. The topological polar surface area (TPSA) is 91.5 Å². The van der Waals surface area contributed by atoms with E-state index in [2.05, 4.69) is 22.2 Å². The molecule has 0 atom stereocenters. The Morgan fingerprint density at radius 1 is 0.931 bits per heavy atom. The summed E-state index contributed by atoms with van der Waals surface area (Å²) in [6, 6.07) is 13.7. The van der Waals surface area contributed by atoms with E-state index >= 15 is 0 Å². The molecule has 0 aliphatic carbocycles. The largest absolute Gasteiger partial charge is 0.493 e. The molecular weight excluding hydrogens is 368 g/mol. The van der Waals surface area contributed by atoms with E-state index in [1.807, 2.05) is 42.5 Å². The number of anilines is 2. The fourth-order valence-corrected chi connectivity index (χ4v) is 2.87. The maximum Gasteiger partial charge on any atom is 0.248 e. The van der Waals surface area contributed by atoms with Crippen molar-refractivity contribution in [2.24, 2.45) is 0 Å². The molecule has 0 amide bonds. The van der Waals surface area contributed by atoms with Gasteiger partial charge < -0.3 is 25.3 Å². The summed E-state index contributed by atoms with van der Waals surface area (Å²) in [5, 5.41) is 3.24. The maximum atomic E-state index is 6.20. The summed E-state index contributed by atoms with van der Waals surface area (Å²) in [5.41, 5.74) is 8.92. The molecular formula is C22H26N4O3.